The third kappa shape index (κ3) is 5.39. The lowest BCUT2D eigenvalue weighted by Gasteiger charge is -2.21. The molecule has 3 rings (SSSR count). The summed E-state index contributed by atoms with van der Waals surface area (Å²) in [5, 5.41) is 4.54. The van der Waals surface area contributed by atoms with Gasteiger partial charge in [0.15, 0.2) is 11.5 Å². The number of nitrogens with zero attached hydrogens (tertiary/aromatic N) is 1. The molecular weight excluding hydrogens is 342 g/mol. The molecule has 0 saturated carbocycles. The molecule has 0 bridgehead atoms. The van der Waals surface area contributed by atoms with Crippen LogP contribution in [0.2, 0.25) is 5.02 Å². The van der Waals surface area contributed by atoms with Gasteiger partial charge in [-0.3, -0.25) is 4.79 Å². The summed E-state index contributed by atoms with van der Waals surface area (Å²) in [6.45, 7) is 2.24. The minimum atomic E-state index is 0.0209. The Morgan fingerprint density at radius 2 is 2.04 bits per heavy atom. The Labute approximate surface area is 152 Å². The smallest absolute Gasteiger partial charge is 0.184 e. The summed E-state index contributed by atoms with van der Waals surface area (Å²) in [4.78, 5) is 12.2. The number of benzene rings is 1. The first kappa shape index (κ1) is 18.1. The van der Waals surface area contributed by atoms with Gasteiger partial charge in [-0.1, -0.05) is 35.0 Å². The van der Waals surface area contributed by atoms with E-state index in [1.54, 1.807) is 6.07 Å². The van der Waals surface area contributed by atoms with Gasteiger partial charge in [-0.15, -0.1) is 0 Å². The summed E-state index contributed by atoms with van der Waals surface area (Å²) in [5.41, 5.74) is 1.29. The number of carbonyl (C=O) groups excluding carboxylic acids is 1. The number of hydrogen-bond acceptors (Lipinski definition) is 5. The van der Waals surface area contributed by atoms with E-state index in [0.717, 1.165) is 38.0 Å². The molecule has 6 heteroatoms. The van der Waals surface area contributed by atoms with Gasteiger partial charge >= 0.3 is 0 Å². The van der Waals surface area contributed by atoms with E-state index in [2.05, 4.69) is 5.16 Å². The van der Waals surface area contributed by atoms with Gasteiger partial charge in [0, 0.05) is 30.7 Å². The number of hydrogen-bond donors (Lipinski definition) is 0. The molecule has 5 nitrogen and oxygen atoms in total. The predicted octanol–water partition coefficient (Wildman–Crippen LogP) is 4.43. The van der Waals surface area contributed by atoms with E-state index in [4.69, 9.17) is 25.6 Å². The highest BCUT2D eigenvalue weighted by Crippen LogP contribution is 2.21. The van der Waals surface area contributed by atoms with Crippen LogP contribution in [0.1, 0.15) is 47.5 Å². The minimum Gasteiger partial charge on any atom is -0.381 e. The van der Waals surface area contributed by atoms with E-state index in [9.17, 15) is 4.79 Å². The molecule has 2 aromatic rings. The Morgan fingerprint density at radius 1 is 1.24 bits per heavy atom. The minimum absolute atomic E-state index is 0.0209. The van der Waals surface area contributed by atoms with Crippen molar-refractivity contribution in [2.45, 2.75) is 38.9 Å². The number of halogens is 1. The molecule has 0 amide bonds. The summed E-state index contributed by atoms with van der Waals surface area (Å²) in [5.74, 6) is 1.14. The van der Waals surface area contributed by atoms with Crippen molar-refractivity contribution in [3.63, 3.8) is 0 Å². The van der Waals surface area contributed by atoms with Crippen LogP contribution >= 0.6 is 11.6 Å². The van der Waals surface area contributed by atoms with Crippen LogP contribution in [-0.2, 0) is 22.7 Å². The van der Waals surface area contributed by atoms with Crippen LogP contribution in [-0.4, -0.2) is 24.2 Å². The van der Waals surface area contributed by atoms with Crippen molar-refractivity contribution in [3.8, 4) is 0 Å². The van der Waals surface area contributed by atoms with Crippen molar-refractivity contribution in [2.24, 2.45) is 5.92 Å². The molecule has 134 valence electrons. The topological polar surface area (TPSA) is 61.6 Å². The lowest BCUT2D eigenvalue weighted by molar-refractivity contribution is 0.0618. The van der Waals surface area contributed by atoms with Gasteiger partial charge in [0.05, 0.1) is 6.61 Å². The van der Waals surface area contributed by atoms with E-state index in [1.165, 1.54) is 0 Å². The van der Waals surface area contributed by atoms with Crippen molar-refractivity contribution in [3.05, 3.63) is 52.4 Å². The molecular formula is C19H22ClNO4. The molecule has 1 saturated heterocycles. The first-order valence-electron chi connectivity index (χ1n) is 8.60. The molecule has 2 heterocycles. The fourth-order valence-corrected chi connectivity index (χ4v) is 3.08. The Hall–Kier alpha value is -1.69. The first-order chi connectivity index (χ1) is 12.2. The van der Waals surface area contributed by atoms with Gasteiger partial charge < -0.3 is 14.0 Å². The predicted molar refractivity (Wildman–Crippen MR) is 93.6 cm³/mol. The largest absolute Gasteiger partial charge is 0.381 e. The molecule has 1 aromatic carbocycles. The molecule has 1 aliphatic rings. The molecule has 0 aliphatic carbocycles. The van der Waals surface area contributed by atoms with Crippen LogP contribution in [0, 0.1) is 5.92 Å². The third-order valence-corrected chi connectivity index (χ3v) is 4.79. The standard InChI is InChI=1S/C19H22ClNO4/c20-17-4-2-1-3-15(17)12-24-13-16-11-18(21-25-16)19(22)6-5-14-7-9-23-10-8-14/h1-4,11,14H,5-10,12-13H2. The van der Waals surface area contributed by atoms with Gasteiger partial charge in [-0.05, 0) is 36.8 Å². The second-order valence-electron chi connectivity index (χ2n) is 6.28. The van der Waals surface area contributed by atoms with Gasteiger partial charge in [-0.2, -0.15) is 0 Å². The monoisotopic (exact) mass is 363 g/mol. The number of rotatable bonds is 8. The second kappa shape index (κ2) is 9.13. The maximum atomic E-state index is 12.2. The Morgan fingerprint density at radius 3 is 2.84 bits per heavy atom. The highest BCUT2D eigenvalue weighted by molar-refractivity contribution is 6.31. The average molecular weight is 364 g/mol. The number of ketones is 1. The summed E-state index contributed by atoms with van der Waals surface area (Å²) in [6.07, 6.45) is 3.45. The molecule has 1 fully saturated rings. The zero-order chi connectivity index (χ0) is 17.5. The molecule has 0 spiro atoms. The molecule has 0 unspecified atom stereocenters. The van der Waals surface area contributed by atoms with Crippen molar-refractivity contribution < 1.29 is 18.8 Å². The van der Waals surface area contributed by atoms with E-state index < -0.39 is 0 Å². The van der Waals surface area contributed by atoms with E-state index >= 15 is 0 Å². The summed E-state index contributed by atoms with van der Waals surface area (Å²) >= 11 is 6.08. The number of aromatic nitrogens is 1. The van der Waals surface area contributed by atoms with Crippen LogP contribution in [0.3, 0.4) is 0 Å². The van der Waals surface area contributed by atoms with Gasteiger partial charge in [0.2, 0.25) is 0 Å². The molecule has 1 aliphatic heterocycles. The number of carbonyl (C=O) groups is 1. The lowest BCUT2D eigenvalue weighted by Crippen LogP contribution is -2.16. The zero-order valence-corrected chi connectivity index (χ0v) is 14.8. The van der Waals surface area contributed by atoms with Crippen molar-refractivity contribution >= 4 is 17.4 Å². The summed E-state index contributed by atoms with van der Waals surface area (Å²) < 4.78 is 16.1. The van der Waals surface area contributed by atoms with Crippen LogP contribution in [0.25, 0.3) is 0 Å². The van der Waals surface area contributed by atoms with Gasteiger partial charge in [0.25, 0.3) is 0 Å². The number of Topliss-reactive ketones (excluding diaryl/α,β-unsaturated/α-hetero) is 1. The molecule has 0 N–H and O–H groups in total. The van der Waals surface area contributed by atoms with Crippen LogP contribution in [0.5, 0.6) is 0 Å². The summed E-state index contributed by atoms with van der Waals surface area (Å²) in [7, 11) is 0. The maximum Gasteiger partial charge on any atom is 0.184 e. The third-order valence-electron chi connectivity index (χ3n) is 4.42. The van der Waals surface area contributed by atoms with Gasteiger partial charge in [-0.25, -0.2) is 0 Å². The Balaban J connectivity index is 1.43. The quantitative estimate of drug-likeness (QED) is 0.649. The Bertz CT molecular complexity index is 694. The summed E-state index contributed by atoms with van der Waals surface area (Å²) in [6, 6.07) is 9.19. The highest BCUT2D eigenvalue weighted by Gasteiger charge is 2.18. The normalized spacial score (nSPS) is 15.4. The zero-order valence-electron chi connectivity index (χ0n) is 14.1. The second-order valence-corrected chi connectivity index (χ2v) is 6.69. The molecule has 1 aromatic heterocycles. The van der Waals surface area contributed by atoms with E-state index in [0.29, 0.717) is 35.4 Å². The van der Waals surface area contributed by atoms with Crippen LogP contribution < -0.4 is 0 Å². The van der Waals surface area contributed by atoms with E-state index in [1.807, 2.05) is 24.3 Å². The fraction of sp³-hybridized carbons (Fsp3) is 0.474. The molecule has 0 radical (unpaired) electrons. The van der Waals surface area contributed by atoms with Gasteiger partial charge in [0.1, 0.15) is 12.3 Å². The average Bonchev–Trinajstić information content (AvgIpc) is 3.11. The number of ether oxygens (including phenoxy) is 2. The van der Waals surface area contributed by atoms with Crippen LogP contribution in [0.4, 0.5) is 0 Å². The van der Waals surface area contributed by atoms with Crippen molar-refractivity contribution in [2.75, 3.05) is 13.2 Å². The van der Waals surface area contributed by atoms with Crippen LogP contribution in [0.15, 0.2) is 34.9 Å². The van der Waals surface area contributed by atoms with Crippen molar-refractivity contribution in [1.82, 2.24) is 5.16 Å². The lowest BCUT2D eigenvalue weighted by atomic mass is 9.93. The van der Waals surface area contributed by atoms with E-state index in [-0.39, 0.29) is 12.4 Å². The molecule has 25 heavy (non-hydrogen) atoms. The Kier molecular flexibility index (Phi) is 6.62. The maximum absolute atomic E-state index is 12.2. The highest BCUT2D eigenvalue weighted by atomic mass is 35.5. The molecule has 0 atom stereocenters. The van der Waals surface area contributed by atoms with Crippen molar-refractivity contribution in [1.29, 1.82) is 0 Å². The first-order valence-corrected chi connectivity index (χ1v) is 8.98. The SMILES string of the molecule is O=C(CCC1CCOCC1)c1cc(COCc2ccccc2Cl)on1. The fourth-order valence-electron chi connectivity index (χ4n) is 2.89.